The predicted octanol–water partition coefficient (Wildman–Crippen LogP) is 4.32. The highest BCUT2D eigenvalue weighted by Gasteiger charge is 2.26. The third-order valence-corrected chi connectivity index (χ3v) is 4.48. The minimum Gasteiger partial charge on any atom is -0.423 e. The van der Waals surface area contributed by atoms with Crippen molar-refractivity contribution in [3.05, 3.63) is 34.8 Å². The first-order chi connectivity index (χ1) is 10.7. The van der Waals surface area contributed by atoms with Crippen LogP contribution in [0.5, 0.6) is 0 Å². The third kappa shape index (κ3) is 2.74. The Morgan fingerprint density at radius 2 is 2.27 bits per heavy atom. The molecule has 4 rings (SSSR count). The van der Waals surface area contributed by atoms with Crippen LogP contribution in [0.15, 0.2) is 28.0 Å². The van der Waals surface area contributed by atoms with E-state index in [-0.39, 0.29) is 5.78 Å². The molecule has 22 heavy (non-hydrogen) atoms. The molecule has 2 heterocycles. The molecule has 1 aliphatic carbocycles. The summed E-state index contributed by atoms with van der Waals surface area (Å²) in [4.78, 5) is 20.7. The van der Waals surface area contributed by atoms with Gasteiger partial charge in [-0.3, -0.25) is 10.1 Å². The monoisotopic (exact) mass is 313 g/mol. The Labute approximate surface area is 131 Å². The zero-order valence-corrected chi connectivity index (χ0v) is 12.9. The van der Waals surface area contributed by atoms with Crippen LogP contribution in [0.1, 0.15) is 35.3 Å². The summed E-state index contributed by atoms with van der Waals surface area (Å²) in [7, 11) is 0. The molecule has 2 aromatic heterocycles. The number of rotatable bonds is 5. The number of nitrogens with zero attached hydrogens (tertiary/aromatic N) is 2. The molecular weight excluding hydrogens is 298 g/mol. The number of oxazole rings is 1. The van der Waals surface area contributed by atoms with Crippen LogP contribution in [-0.2, 0) is 0 Å². The van der Waals surface area contributed by atoms with Crippen LogP contribution >= 0.6 is 11.3 Å². The lowest BCUT2D eigenvalue weighted by molar-refractivity contribution is 0.0972. The van der Waals surface area contributed by atoms with Gasteiger partial charge in [0.05, 0.1) is 0 Å². The summed E-state index contributed by atoms with van der Waals surface area (Å²) >= 11 is 1.39. The Morgan fingerprint density at radius 1 is 1.41 bits per heavy atom. The number of Topliss-reactive ketones (excluding diaryl/α,β-unsaturated/α-hetero) is 1. The predicted molar refractivity (Wildman–Crippen MR) is 85.8 cm³/mol. The molecule has 1 N–H and O–H groups in total. The molecule has 112 valence electrons. The number of aryl methyl sites for hydroxylation is 1. The third-order valence-electron chi connectivity index (χ3n) is 3.72. The van der Waals surface area contributed by atoms with Crippen LogP contribution in [0.2, 0.25) is 0 Å². The van der Waals surface area contributed by atoms with Gasteiger partial charge in [-0.15, -0.1) is 11.3 Å². The molecule has 1 fully saturated rings. The van der Waals surface area contributed by atoms with Gasteiger partial charge in [0.2, 0.25) is 0 Å². The summed E-state index contributed by atoms with van der Waals surface area (Å²) in [5, 5.41) is 5.45. The zero-order valence-electron chi connectivity index (χ0n) is 12.1. The molecule has 0 spiro atoms. The quantitative estimate of drug-likeness (QED) is 0.710. The van der Waals surface area contributed by atoms with Crippen molar-refractivity contribution in [2.75, 3.05) is 5.32 Å². The first-order valence-corrected chi connectivity index (χ1v) is 8.18. The summed E-state index contributed by atoms with van der Waals surface area (Å²) in [6, 6.07) is 6.25. The Hall–Kier alpha value is -2.21. The number of anilines is 2. The number of nitrogens with one attached hydrogen (secondary N) is 1. The van der Waals surface area contributed by atoms with E-state index in [2.05, 4.69) is 15.3 Å². The lowest BCUT2D eigenvalue weighted by Crippen LogP contribution is -2.00. The molecule has 0 radical (unpaired) electrons. The highest BCUT2D eigenvalue weighted by molar-refractivity contribution is 7.14. The maximum Gasteiger partial charge on any atom is 0.302 e. The van der Waals surface area contributed by atoms with Crippen molar-refractivity contribution in [2.45, 2.75) is 26.2 Å². The molecule has 5 nitrogen and oxygen atoms in total. The van der Waals surface area contributed by atoms with Gasteiger partial charge < -0.3 is 4.42 Å². The van der Waals surface area contributed by atoms with Crippen molar-refractivity contribution in [3.63, 3.8) is 0 Å². The fourth-order valence-corrected chi connectivity index (χ4v) is 3.04. The van der Waals surface area contributed by atoms with Crippen molar-refractivity contribution < 1.29 is 9.21 Å². The second-order valence-corrected chi connectivity index (χ2v) is 6.58. The second kappa shape index (κ2) is 5.21. The summed E-state index contributed by atoms with van der Waals surface area (Å²) in [5.74, 6) is 0.700. The average Bonchev–Trinajstić information content (AvgIpc) is 3.03. The molecule has 0 saturated heterocycles. The van der Waals surface area contributed by atoms with Crippen LogP contribution in [0, 0.1) is 12.8 Å². The van der Waals surface area contributed by atoms with E-state index in [1.165, 1.54) is 24.2 Å². The molecule has 0 bridgehead atoms. The number of carbonyl (C=O) groups excluding carboxylic acids is 1. The first-order valence-electron chi connectivity index (χ1n) is 7.30. The number of ketones is 1. The normalized spacial score (nSPS) is 14.4. The number of benzene rings is 1. The molecule has 0 amide bonds. The molecule has 0 atom stereocenters. The van der Waals surface area contributed by atoms with Gasteiger partial charge in [-0.25, -0.2) is 4.98 Å². The molecule has 3 aromatic rings. The van der Waals surface area contributed by atoms with Crippen LogP contribution < -0.4 is 5.32 Å². The highest BCUT2D eigenvalue weighted by atomic mass is 32.1. The standard InChI is InChI=1S/C16H15N3O2S/c1-9-2-5-14-11(6-9)17-15(21-14)19-16-18-12(8-22-16)13(20)7-10-3-4-10/h2,5-6,8,10H,3-4,7H2,1H3,(H,17,18,19). The number of aromatic nitrogens is 2. The lowest BCUT2D eigenvalue weighted by Gasteiger charge is -1.95. The number of fused-ring (bicyclic) bond motifs is 1. The molecular formula is C16H15N3O2S. The van der Waals surface area contributed by atoms with E-state index in [1.807, 2.05) is 25.1 Å². The van der Waals surface area contributed by atoms with Gasteiger partial charge >= 0.3 is 6.01 Å². The van der Waals surface area contributed by atoms with E-state index in [9.17, 15) is 4.79 Å². The fourth-order valence-electron chi connectivity index (χ4n) is 2.33. The van der Waals surface area contributed by atoms with Gasteiger partial charge in [0, 0.05) is 11.8 Å². The summed E-state index contributed by atoms with van der Waals surface area (Å²) in [6.07, 6.45) is 2.96. The molecule has 6 heteroatoms. The van der Waals surface area contributed by atoms with Gasteiger partial charge in [0.25, 0.3) is 0 Å². The topological polar surface area (TPSA) is 68.0 Å². The molecule has 1 aliphatic rings. The Kier molecular flexibility index (Phi) is 3.18. The van der Waals surface area contributed by atoms with E-state index in [1.54, 1.807) is 5.38 Å². The van der Waals surface area contributed by atoms with Gasteiger partial charge in [0.1, 0.15) is 11.2 Å². The maximum absolute atomic E-state index is 12.0. The molecule has 1 aromatic carbocycles. The van der Waals surface area contributed by atoms with E-state index in [0.29, 0.717) is 29.2 Å². The van der Waals surface area contributed by atoms with Crippen LogP contribution in [0.25, 0.3) is 11.1 Å². The number of carbonyl (C=O) groups is 1. The Bertz CT molecular complexity index is 848. The van der Waals surface area contributed by atoms with Crippen molar-refractivity contribution in [3.8, 4) is 0 Å². The lowest BCUT2D eigenvalue weighted by atomic mass is 10.2. The summed E-state index contributed by atoms with van der Waals surface area (Å²) in [5.41, 5.74) is 3.21. The fraction of sp³-hybridized carbons (Fsp3) is 0.312. The molecule has 0 unspecified atom stereocenters. The Morgan fingerprint density at radius 3 is 3.09 bits per heavy atom. The van der Waals surface area contributed by atoms with Gasteiger partial charge in [-0.1, -0.05) is 6.07 Å². The van der Waals surface area contributed by atoms with Gasteiger partial charge in [-0.05, 0) is 43.4 Å². The highest BCUT2D eigenvalue weighted by Crippen LogP contribution is 2.34. The van der Waals surface area contributed by atoms with Crippen LogP contribution in [0.3, 0.4) is 0 Å². The van der Waals surface area contributed by atoms with Gasteiger partial charge in [-0.2, -0.15) is 4.98 Å². The number of hydrogen-bond donors (Lipinski definition) is 1. The van der Waals surface area contributed by atoms with E-state index in [0.717, 1.165) is 16.7 Å². The first kappa shape index (κ1) is 13.5. The van der Waals surface area contributed by atoms with Gasteiger partial charge in [0.15, 0.2) is 16.5 Å². The largest absolute Gasteiger partial charge is 0.423 e. The van der Waals surface area contributed by atoms with Crippen molar-refractivity contribution in [1.29, 1.82) is 0 Å². The number of thiazole rings is 1. The van der Waals surface area contributed by atoms with E-state index >= 15 is 0 Å². The number of hydrogen-bond acceptors (Lipinski definition) is 6. The van der Waals surface area contributed by atoms with Crippen LogP contribution in [-0.4, -0.2) is 15.8 Å². The van der Waals surface area contributed by atoms with E-state index in [4.69, 9.17) is 4.42 Å². The van der Waals surface area contributed by atoms with Crippen LogP contribution in [0.4, 0.5) is 11.1 Å². The maximum atomic E-state index is 12.0. The smallest absolute Gasteiger partial charge is 0.302 e. The zero-order chi connectivity index (χ0) is 15.1. The van der Waals surface area contributed by atoms with Crippen molar-refractivity contribution in [2.24, 2.45) is 5.92 Å². The minimum atomic E-state index is 0.125. The second-order valence-electron chi connectivity index (χ2n) is 5.72. The minimum absolute atomic E-state index is 0.125. The van der Waals surface area contributed by atoms with Crippen molar-refractivity contribution >= 4 is 39.4 Å². The Balaban J connectivity index is 1.52. The van der Waals surface area contributed by atoms with Crippen molar-refractivity contribution in [1.82, 2.24) is 9.97 Å². The summed E-state index contributed by atoms with van der Waals surface area (Å²) < 4.78 is 5.63. The molecule has 0 aliphatic heterocycles. The van der Waals surface area contributed by atoms with E-state index < -0.39 is 0 Å². The SMILES string of the molecule is Cc1ccc2oc(Nc3nc(C(=O)CC4CC4)cs3)nc2c1. The summed E-state index contributed by atoms with van der Waals surface area (Å²) in [6.45, 7) is 2.01. The average molecular weight is 313 g/mol. The molecule has 1 saturated carbocycles.